The van der Waals surface area contributed by atoms with Crippen LogP contribution in [0.25, 0.3) is 0 Å². The summed E-state index contributed by atoms with van der Waals surface area (Å²) in [5.74, 6) is -0.496. The molecule has 1 saturated heterocycles. The topological polar surface area (TPSA) is 69.7 Å². The molecule has 4 amide bonds. The average molecular weight is 446 g/mol. The van der Waals surface area contributed by atoms with Gasteiger partial charge in [0.05, 0.1) is 5.69 Å². The summed E-state index contributed by atoms with van der Waals surface area (Å²) in [6, 6.07) is 20.9. The van der Waals surface area contributed by atoms with E-state index in [1.54, 1.807) is 35.2 Å². The molecule has 0 spiro atoms. The Balaban J connectivity index is 1.30. The van der Waals surface area contributed by atoms with Crippen LogP contribution in [0, 0.1) is 0 Å². The van der Waals surface area contributed by atoms with Gasteiger partial charge < -0.3 is 10.2 Å². The Labute approximate surface area is 190 Å². The standard InChI is InChI=1S/C25H20ClN3O3/c26-21-8-4-3-6-18(21)14-27-23(30)16-9-11-20(12-10-16)29-24(31)22-13-17-5-1-2-7-19(17)15-28(22)25(29)32/h1-12,22H,13-15H2,(H,27,30). The van der Waals surface area contributed by atoms with Gasteiger partial charge in [-0.25, -0.2) is 9.69 Å². The molecule has 160 valence electrons. The maximum atomic E-state index is 13.0. The zero-order valence-corrected chi connectivity index (χ0v) is 17.9. The minimum absolute atomic E-state index is 0.236. The maximum Gasteiger partial charge on any atom is 0.332 e. The number of carbonyl (C=O) groups is 3. The number of anilines is 1. The number of rotatable bonds is 4. The second-order valence-corrected chi connectivity index (χ2v) is 8.30. The molecule has 2 heterocycles. The number of nitrogens with zero attached hydrogens (tertiary/aromatic N) is 2. The molecule has 0 bridgehead atoms. The number of imide groups is 1. The van der Waals surface area contributed by atoms with Crippen molar-refractivity contribution in [1.82, 2.24) is 10.2 Å². The highest BCUT2D eigenvalue weighted by Gasteiger charge is 2.47. The quantitative estimate of drug-likeness (QED) is 0.613. The van der Waals surface area contributed by atoms with Gasteiger partial charge in [0, 0.05) is 30.1 Å². The van der Waals surface area contributed by atoms with Crippen LogP contribution in [0.3, 0.4) is 0 Å². The van der Waals surface area contributed by atoms with Crippen molar-refractivity contribution in [3.63, 3.8) is 0 Å². The number of hydrogen-bond donors (Lipinski definition) is 1. The Kier molecular flexibility index (Phi) is 5.15. The van der Waals surface area contributed by atoms with Crippen molar-refractivity contribution in [3.8, 4) is 0 Å². The third-order valence-corrected chi connectivity index (χ3v) is 6.34. The molecule has 2 aliphatic heterocycles. The number of hydrogen-bond acceptors (Lipinski definition) is 3. The van der Waals surface area contributed by atoms with Crippen molar-refractivity contribution in [2.45, 2.75) is 25.6 Å². The molecule has 6 nitrogen and oxygen atoms in total. The first kappa shape index (κ1) is 20.3. The summed E-state index contributed by atoms with van der Waals surface area (Å²) < 4.78 is 0. The lowest BCUT2D eigenvalue weighted by atomic mass is 9.95. The molecule has 32 heavy (non-hydrogen) atoms. The molecule has 0 saturated carbocycles. The molecule has 0 aromatic heterocycles. The molecule has 0 aliphatic carbocycles. The van der Waals surface area contributed by atoms with Crippen molar-refractivity contribution >= 4 is 35.1 Å². The Morgan fingerprint density at radius 3 is 2.38 bits per heavy atom. The van der Waals surface area contributed by atoms with E-state index in [0.717, 1.165) is 16.7 Å². The fourth-order valence-corrected chi connectivity index (χ4v) is 4.44. The van der Waals surface area contributed by atoms with Crippen molar-refractivity contribution < 1.29 is 14.4 Å². The van der Waals surface area contributed by atoms with E-state index in [1.165, 1.54) is 4.90 Å². The van der Waals surface area contributed by atoms with E-state index in [9.17, 15) is 14.4 Å². The van der Waals surface area contributed by atoms with Crippen molar-refractivity contribution in [1.29, 1.82) is 0 Å². The van der Waals surface area contributed by atoms with Crippen molar-refractivity contribution in [2.24, 2.45) is 0 Å². The van der Waals surface area contributed by atoms with E-state index in [0.29, 0.717) is 35.8 Å². The Morgan fingerprint density at radius 2 is 1.62 bits per heavy atom. The van der Waals surface area contributed by atoms with Crippen LogP contribution < -0.4 is 10.2 Å². The summed E-state index contributed by atoms with van der Waals surface area (Å²) in [7, 11) is 0. The third-order valence-electron chi connectivity index (χ3n) is 5.98. The lowest BCUT2D eigenvalue weighted by Crippen LogP contribution is -2.39. The van der Waals surface area contributed by atoms with Crippen molar-refractivity contribution in [3.05, 3.63) is 100 Å². The molecule has 7 heteroatoms. The van der Waals surface area contributed by atoms with E-state index in [1.807, 2.05) is 42.5 Å². The highest BCUT2D eigenvalue weighted by molar-refractivity contribution is 6.31. The Morgan fingerprint density at radius 1 is 0.938 bits per heavy atom. The van der Waals surface area contributed by atoms with Gasteiger partial charge in [0.2, 0.25) is 0 Å². The van der Waals surface area contributed by atoms with Gasteiger partial charge in [0.1, 0.15) is 6.04 Å². The van der Waals surface area contributed by atoms with Crippen LogP contribution in [0.4, 0.5) is 10.5 Å². The number of urea groups is 1. The first-order valence-electron chi connectivity index (χ1n) is 10.4. The zero-order chi connectivity index (χ0) is 22.2. The van der Waals surface area contributed by atoms with Crippen LogP contribution in [-0.2, 0) is 24.3 Å². The Bertz CT molecular complexity index is 1180. The minimum Gasteiger partial charge on any atom is -0.348 e. The van der Waals surface area contributed by atoms with Crippen LogP contribution >= 0.6 is 11.6 Å². The van der Waals surface area contributed by atoms with Gasteiger partial charge in [0.15, 0.2) is 0 Å². The number of nitrogens with one attached hydrogen (secondary N) is 1. The van der Waals surface area contributed by atoms with Gasteiger partial charge in [-0.3, -0.25) is 9.59 Å². The van der Waals surface area contributed by atoms with E-state index in [-0.39, 0.29) is 17.8 Å². The normalized spacial score (nSPS) is 17.2. The molecule has 3 aromatic rings. The minimum atomic E-state index is -0.490. The smallest absolute Gasteiger partial charge is 0.332 e. The molecule has 5 rings (SSSR count). The molecular weight excluding hydrogens is 426 g/mol. The number of benzene rings is 3. The summed E-state index contributed by atoms with van der Waals surface area (Å²) in [4.78, 5) is 41.4. The first-order valence-corrected chi connectivity index (χ1v) is 10.7. The SMILES string of the molecule is O=C(NCc1ccccc1Cl)c1ccc(N2C(=O)C3Cc4ccccc4CN3C2=O)cc1. The number of carbonyl (C=O) groups excluding carboxylic acids is 3. The monoisotopic (exact) mass is 445 g/mol. The van der Waals surface area contributed by atoms with Crippen LogP contribution in [0.1, 0.15) is 27.0 Å². The molecule has 1 atom stereocenters. The zero-order valence-electron chi connectivity index (χ0n) is 17.1. The first-order chi connectivity index (χ1) is 15.5. The summed E-state index contributed by atoms with van der Waals surface area (Å²) in [6.07, 6.45) is 0.514. The van der Waals surface area contributed by atoms with E-state index < -0.39 is 6.04 Å². The number of amides is 4. The van der Waals surface area contributed by atoms with Crippen LogP contribution in [0.15, 0.2) is 72.8 Å². The molecule has 1 unspecified atom stereocenters. The highest BCUT2D eigenvalue weighted by Crippen LogP contribution is 2.33. The second-order valence-electron chi connectivity index (χ2n) is 7.89. The summed E-state index contributed by atoms with van der Waals surface area (Å²) in [5.41, 5.74) is 3.88. The number of halogens is 1. The molecule has 3 aromatic carbocycles. The average Bonchev–Trinajstić information content (AvgIpc) is 3.06. The fourth-order valence-electron chi connectivity index (χ4n) is 4.24. The predicted molar refractivity (Wildman–Crippen MR) is 121 cm³/mol. The molecule has 1 fully saturated rings. The lowest BCUT2D eigenvalue weighted by Gasteiger charge is -2.28. The molecular formula is C25H20ClN3O3. The molecule has 1 N–H and O–H groups in total. The predicted octanol–water partition coefficient (Wildman–Crippen LogP) is 4.16. The van der Waals surface area contributed by atoms with Gasteiger partial charge in [-0.2, -0.15) is 0 Å². The van der Waals surface area contributed by atoms with Crippen molar-refractivity contribution in [2.75, 3.05) is 4.90 Å². The maximum absolute atomic E-state index is 13.0. The van der Waals surface area contributed by atoms with Gasteiger partial charge in [-0.05, 0) is 47.0 Å². The second kappa shape index (κ2) is 8.13. The Hall–Kier alpha value is -3.64. The van der Waals surface area contributed by atoms with E-state index in [2.05, 4.69) is 5.32 Å². The number of fused-ring (bicyclic) bond motifs is 2. The molecule has 0 radical (unpaired) electrons. The summed E-state index contributed by atoms with van der Waals surface area (Å²) >= 11 is 6.13. The van der Waals surface area contributed by atoms with Gasteiger partial charge in [0.25, 0.3) is 11.8 Å². The molecule has 2 aliphatic rings. The van der Waals surface area contributed by atoms with Gasteiger partial charge >= 0.3 is 6.03 Å². The van der Waals surface area contributed by atoms with E-state index in [4.69, 9.17) is 11.6 Å². The van der Waals surface area contributed by atoms with Gasteiger partial charge in [-0.15, -0.1) is 0 Å². The van der Waals surface area contributed by atoms with Crippen LogP contribution in [0.5, 0.6) is 0 Å². The van der Waals surface area contributed by atoms with Crippen LogP contribution in [0.2, 0.25) is 5.02 Å². The highest BCUT2D eigenvalue weighted by atomic mass is 35.5. The van der Waals surface area contributed by atoms with Crippen LogP contribution in [-0.4, -0.2) is 28.8 Å². The largest absolute Gasteiger partial charge is 0.348 e. The third kappa shape index (κ3) is 3.52. The summed E-state index contributed by atoms with van der Waals surface area (Å²) in [5, 5.41) is 3.42. The van der Waals surface area contributed by atoms with Gasteiger partial charge in [-0.1, -0.05) is 54.1 Å². The lowest BCUT2D eigenvalue weighted by molar-refractivity contribution is -0.120. The fraction of sp³-hybridized carbons (Fsp3) is 0.160. The van der Waals surface area contributed by atoms with E-state index >= 15 is 0 Å². The summed E-state index contributed by atoms with van der Waals surface area (Å²) in [6.45, 7) is 0.727.